The Kier molecular flexibility index (Phi) is 3.08. The topological polar surface area (TPSA) is 63.8 Å². The first kappa shape index (κ1) is 11.9. The Balaban J connectivity index is 2.08. The summed E-state index contributed by atoms with van der Waals surface area (Å²) in [7, 11) is 0. The minimum absolute atomic E-state index is 0.136. The number of aromatic nitrogens is 2. The van der Waals surface area contributed by atoms with Crippen LogP contribution in [0.5, 0.6) is 0 Å². The van der Waals surface area contributed by atoms with Gasteiger partial charge in [-0.05, 0) is 18.8 Å². The Labute approximate surface area is 96.4 Å². The molecule has 1 saturated carbocycles. The van der Waals surface area contributed by atoms with Gasteiger partial charge in [0.15, 0.2) is 5.69 Å². The average Bonchev–Trinajstić information content (AvgIpc) is 2.13. The molecule has 7 heteroatoms. The molecule has 1 aromatic heterocycles. The van der Waals surface area contributed by atoms with Crippen LogP contribution in [0.3, 0.4) is 0 Å². The van der Waals surface area contributed by atoms with Crippen LogP contribution in [0.2, 0.25) is 0 Å². The van der Waals surface area contributed by atoms with Crippen LogP contribution in [0, 0.1) is 5.92 Å². The highest BCUT2D eigenvalue weighted by Crippen LogP contribution is 2.30. The predicted octanol–water partition coefficient (Wildman–Crippen LogP) is 2.29. The summed E-state index contributed by atoms with van der Waals surface area (Å²) >= 11 is 0. The summed E-state index contributed by atoms with van der Waals surface area (Å²) in [5.41, 5.74) is 4.23. The molecule has 94 valence electrons. The highest BCUT2D eigenvalue weighted by atomic mass is 19.4. The van der Waals surface area contributed by atoms with Gasteiger partial charge >= 0.3 is 6.18 Å². The molecule has 0 saturated heterocycles. The normalized spacial score (nSPS) is 16.6. The molecule has 0 bridgehead atoms. The van der Waals surface area contributed by atoms with Gasteiger partial charge in [0, 0.05) is 12.6 Å². The van der Waals surface area contributed by atoms with E-state index >= 15 is 0 Å². The number of hydrogen-bond donors (Lipinski definition) is 2. The summed E-state index contributed by atoms with van der Waals surface area (Å²) in [5, 5.41) is 2.87. The van der Waals surface area contributed by atoms with E-state index in [2.05, 4.69) is 15.3 Å². The highest BCUT2D eigenvalue weighted by molar-refractivity contribution is 5.41. The number of anilines is 2. The maximum absolute atomic E-state index is 12.5. The molecule has 0 radical (unpaired) electrons. The number of nitrogen functional groups attached to an aromatic ring is 1. The van der Waals surface area contributed by atoms with Crippen molar-refractivity contribution in [3.63, 3.8) is 0 Å². The zero-order valence-corrected chi connectivity index (χ0v) is 9.09. The number of rotatable bonds is 3. The third-order valence-corrected chi connectivity index (χ3v) is 2.83. The van der Waals surface area contributed by atoms with E-state index in [4.69, 9.17) is 5.73 Å². The third-order valence-electron chi connectivity index (χ3n) is 2.83. The third kappa shape index (κ3) is 2.98. The molecular weight excluding hydrogens is 233 g/mol. The fourth-order valence-corrected chi connectivity index (χ4v) is 1.65. The molecule has 1 aromatic rings. The van der Waals surface area contributed by atoms with Crippen molar-refractivity contribution < 1.29 is 13.2 Å². The van der Waals surface area contributed by atoms with E-state index in [0.717, 1.165) is 18.9 Å². The summed E-state index contributed by atoms with van der Waals surface area (Å²) in [6.45, 7) is 0.633. The predicted molar refractivity (Wildman–Crippen MR) is 57.3 cm³/mol. The first-order valence-electron chi connectivity index (χ1n) is 5.41. The second kappa shape index (κ2) is 4.38. The molecule has 1 fully saturated rings. The van der Waals surface area contributed by atoms with Crippen LogP contribution < -0.4 is 11.1 Å². The van der Waals surface area contributed by atoms with Gasteiger partial charge in [-0.25, -0.2) is 4.98 Å². The molecule has 1 heterocycles. The van der Waals surface area contributed by atoms with Crippen molar-refractivity contribution in [2.45, 2.75) is 25.4 Å². The fourth-order valence-electron chi connectivity index (χ4n) is 1.65. The van der Waals surface area contributed by atoms with E-state index in [0.29, 0.717) is 12.5 Å². The number of nitrogens with one attached hydrogen (secondary N) is 1. The van der Waals surface area contributed by atoms with Gasteiger partial charge in [0.05, 0.1) is 0 Å². The van der Waals surface area contributed by atoms with Crippen molar-refractivity contribution in [3.05, 3.63) is 11.8 Å². The Morgan fingerprint density at radius 3 is 2.59 bits per heavy atom. The van der Waals surface area contributed by atoms with Crippen molar-refractivity contribution in [2.24, 2.45) is 5.92 Å². The molecule has 0 aliphatic heterocycles. The maximum Gasteiger partial charge on any atom is 0.433 e. The zero-order chi connectivity index (χ0) is 12.5. The number of halogens is 3. The first-order valence-corrected chi connectivity index (χ1v) is 5.41. The molecular formula is C10H13F3N4. The van der Waals surface area contributed by atoms with E-state index in [9.17, 15) is 13.2 Å². The van der Waals surface area contributed by atoms with Crippen LogP contribution in [0.15, 0.2) is 6.07 Å². The highest BCUT2D eigenvalue weighted by Gasteiger charge is 2.33. The molecule has 17 heavy (non-hydrogen) atoms. The number of nitrogens with two attached hydrogens (primary N) is 1. The second-order valence-corrected chi connectivity index (χ2v) is 4.17. The lowest BCUT2D eigenvalue weighted by Gasteiger charge is -2.25. The van der Waals surface area contributed by atoms with Gasteiger partial charge in [-0.15, -0.1) is 0 Å². The van der Waals surface area contributed by atoms with Gasteiger partial charge in [-0.1, -0.05) is 6.42 Å². The van der Waals surface area contributed by atoms with Crippen molar-refractivity contribution in [1.82, 2.24) is 9.97 Å². The molecule has 1 aliphatic rings. The Bertz CT molecular complexity index is 401. The van der Waals surface area contributed by atoms with Crippen molar-refractivity contribution >= 4 is 11.8 Å². The van der Waals surface area contributed by atoms with Gasteiger partial charge < -0.3 is 11.1 Å². The molecule has 0 aromatic carbocycles. The Morgan fingerprint density at radius 1 is 1.35 bits per heavy atom. The Hall–Kier alpha value is -1.53. The summed E-state index contributed by atoms with van der Waals surface area (Å²) in [5.74, 6) is 0.299. The molecule has 1 aliphatic carbocycles. The minimum atomic E-state index is -4.50. The van der Waals surface area contributed by atoms with Gasteiger partial charge in [0.2, 0.25) is 5.95 Å². The summed E-state index contributed by atoms with van der Waals surface area (Å²) in [6, 6.07) is 0.884. The lowest BCUT2D eigenvalue weighted by atomic mass is 9.85. The van der Waals surface area contributed by atoms with E-state index in [1.807, 2.05) is 0 Å². The van der Waals surface area contributed by atoms with Crippen molar-refractivity contribution in [1.29, 1.82) is 0 Å². The minimum Gasteiger partial charge on any atom is -0.370 e. The maximum atomic E-state index is 12.5. The number of alkyl halides is 3. The Morgan fingerprint density at radius 2 is 2.06 bits per heavy atom. The van der Waals surface area contributed by atoms with Crippen LogP contribution in [0.4, 0.5) is 24.9 Å². The van der Waals surface area contributed by atoms with Gasteiger partial charge in [0.25, 0.3) is 0 Å². The van der Waals surface area contributed by atoms with E-state index in [-0.39, 0.29) is 11.8 Å². The van der Waals surface area contributed by atoms with Gasteiger partial charge in [-0.3, -0.25) is 0 Å². The van der Waals surface area contributed by atoms with Gasteiger partial charge in [0.1, 0.15) is 5.82 Å². The van der Waals surface area contributed by atoms with E-state index < -0.39 is 11.9 Å². The molecule has 2 rings (SSSR count). The quantitative estimate of drug-likeness (QED) is 0.858. The van der Waals surface area contributed by atoms with Crippen molar-refractivity contribution in [2.75, 3.05) is 17.6 Å². The lowest BCUT2D eigenvalue weighted by Crippen LogP contribution is -2.22. The van der Waals surface area contributed by atoms with Crippen molar-refractivity contribution in [3.8, 4) is 0 Å². The lowest BCUT2D eigenvalue weighted by molar-refractivity contribution is -0.141. The standard InChI is InChI=1S/C10H13F3N4/c11-10(12,13)7-4-8(17-9(14)16-7)15-5-6-2-1-3-6/h4,6H,1-3,5H2,(H3,14,15,16,17). The van der Waals surface area contributed by atoms with Crippen LogP contribution >= 0.6 is 0 Å². The summed E-state index contributed by atoms with van der Waals surface area (Å²) in [6.07, 6.45) is -1.09. The molecule has 0 amide bonds. The molecule has 0 spiro atoms. The van der Waals surface area contributed by atoms with E-state index in [1.54, 1.807) is 0 Å². The van der Waals surface area contributed by atoms with Crippen LogP contribution in [0.1, 0.15) is 25.0 Å². The average molecular weight is 246 g/mol. The molecule has 4 nitrogen and oxygen atoms in total. The number of nitrogens with zero attached hydrogens (tertiary/aromatic N) is 2. The molecule has 0 unspecified atom stereocenters. The molecule has 3 N–H and O–H groups in total. The van der Waals surface area contributed by atoms with Crippen LogP contribution in [0.25, 0.3) is 0 Å². The largest absolute Gasteiger partial charge is 0.433 e. The summed E-state index contributed by atoms with van der Waals surface area (Å²) < 4.78 is 37.4. The second-order valence-electron chi connectivity index (χ2n) is 4.17. The van der Waals surface area contributed by atoms with Crippen LogP contribution in [-0.4, -0.2) is 16.5 Å². The SMILES string of the molecule is Nc1nc(NCC2CCC2)cc(C(F)(F)F)n1. The zero-order valence-electron chi connectivity index (χ0n) is 9.09. The first-order chi connectivity index (χ1) is 7.95. The number of hydrogen-bond acceptors (Lipinski definition) is 4. The molecule has 0 atom stereocenters. The van der Waals surface area contributed by atoms with Crippen LogP contribution in [-0.2, 0) is 6.18 Å². The monoisotopic (exact) mass is 246 g/mol. The fraction of sp³-hybridized carbons (Fsp3) is 0.600. The van der Waals surface area contributed by atoms with Gasteiger partial charge in [-0.2, -0.15) is 18.2 Å². The smallest absolute Gasteiger partial charge is 0.370 e. The van der Waals surface area contributed by atoms with E-state index in [1.165, 1.54) is 6.42 Å². The summed E-state index contributed by atoms with van der Waals surface area (Å²) in [4.78, 5) is 6.90.